The van der Waals surface area contributed by atoms with Gasteiger partial charge in [-0.1, -0.05) is 36.4 Å². The zero-order chi connectivity index (χ0) is 18.1. The van der Waals surface area contributed by atoms with Gasteiger partial charge in [0.15, 0.2) is 0 Å². The van der Waals surface area contributed by atoms with Gasteiger partial charge in [0, 0.05) is 18.6 Å². The number of carbonyl (C=O) groups excluding carboxylic acids is 1. The van der Waals surface area contributed by atoms with Gasteiger partial charge >= 0.3 is 0 Å². The van der Waals surface area contributed by atoms with Gasteiger partial charge in [-0.3, -0.25) is 9.20 Å². The molecule has 0 bridgehead atoms. The number of carbonyl (C=O) groups is 1. The van der Waals surface area contributed by atoms with Gasteiger partial charge in [-0.15, -0.1) is 16.4 Å². The predicted molar refractivity (Wildman–Crippen MR) is 102 cm³/mol. The predicted octanol–water partition coefficient (Wildman–Crippen LogP) is 2.96. The number of aromatic nitrogens is 3. The third-order valence-electron chi connectivity index (χ3n) is 4.17. The van der Waals surface area contributed by atoms with E-state index in [1.54, 1.807) is 4.40 Å². The van der Waals surface area contributed by atoms with Gasteiger partial charge in [0.1, 0.15) is 11.3 Å². The molecule has 1 amide bonds. The molecule has 0 unspecified atom stereocenters. The molecule has 0 spiro atoms. The molecule has 0 saturated carbocycles. The average molecular weight is 363 g/mol. The van der Waals surface area contributed by atoms with Crippen molar-refractivity contribution in [2.24, 2.45) is 12.1 Å². The van der Waals surface area contributed by atoms with Crippen LogP contribution in [0.1, 0.15) is 16.2 Å². The van der Waals surface area contributed by atoms with E-state index in [2.05, 4.69) is 15.5 Å². The van der Waals surface area contributed by atoms with E-state index in [4.69, 9.17) is 0 Å². The maximum absolute atomic E-state index is 12.6. The lowest BCUT2D eigenvalue weighted by atomic mass is 10.2. The van der Waals surface area contributed by atoms with Crippen molar-refractivity contribution in [3.63, 3.8) is 0 Å². The number of hydrogen-bond donors (Lipinski definition) is 1. The number of nitrogens with one attached hydrogen (secondary N) is 1. The maximum Gasteiger partial charge on any atom is 0.290 e. The van der Waals surface area contributed by atoms with Crippen LogP contribution >= 0.6 is 11.3 Å². The second kappa shape index (κ2) is 6.61. The largest absolute Gasteiger partial charge is 0.318 e. The number of imidazole rings is 1. The molecular weight excluding hydrogens is 346 g/mol. The van der Waals surface area contributed by atoms with E-state index in [9.17, 15) is 4.79 Å². The van der Waals surface area contributed by atoms with Crippen molar-refractivity contribution in [3.8, 4) is 11.3 Å². The summed E-state index contributed by atoms with van der Waals surface area (Å²) in [5, 5.41) is 6.32. The molecule has 0 saturated heterocycles. The first-order chi connectivity index (χ1) is 12.6. The van der Waals surface area contributed by atoms with E-state index < -0.39 is 0 Å². The summed E-state index contributed by atoms with van der Waals surface area (Å²) in [4.78, 5) is 17.8. The molecule has 6 nitrogen and oxygen atoms in total. The molecule has 0 radical (unpaired) electrons. The first kappa shape index (κ1) is 16.3. The summed E-state index contributed by atoms with van der Waals surface area (Å²) < 4.78 is 3.73. The SMILES string of the molecule is Cc1nc2ccccn2c1C(=O)N/N=c1/scc(-c2ccccc2)n1C. The number of benzene rings is 1. The molecule has 0 atom stereocenters. The molecule has 3 aromatic heterocycles. The zero-order valence-corrected chi connectivity index (χ0v) is 15.2. The summed E-state index contributed by atoms with van der Waals surface area (Å²) in [6.07, 6.45) is 1.82. The highest BCUT2D eigenvalue weighted by atomic mass is 32.1. The Morgan fingerprint density at radius 1 is 1.15 bits per heavy atom. The molecule has 3 heterocycles. The van der Waals surface area contributed by atoms with Gasteiger partial charge in [-0.05, 0) is 24.6 Å². The Morgan fingerprint density at radius 2 is 1.92 bits per heavy atom. The van der Waals surface area contributed by atoms with Crippen LogP contribution in [-0.4, -0.2) is 19.9 Å². The first-order valence-electron chi connectivity index (χ1n) is 8.13. The van der Waals surface area contributed by atoms with Gasteiger partial charge in [0.25, 0.3) is 5.91 Å². The summed E-state index contributed by atoms with van der Waals surface area (Å²) in [5.41, 5.74) is 6.72. The summed E-state index contributed by atoms with van der Waals surface area (Å²) in [5.74, 6) is -0.282. The summed E-state index contributed by atoms with van der Waals surface area (Å²) in [7, 11) is 1.93. The van der Waals surface area contributed by atoms with Crippen molar-refractivity contribution in [2.45, 2.75) is 6.92 Å². The Bertz CT molecular complexity index is 1150. The van der Waals surface area contributed by atoms with Crippen molar-refractivity contribution in [2.75, 3.05) is 0 Å². The van der Waals surface area contributed by atoms with Gasteiger partial charge in [0.2, 0.25) is 4.80 Å². The molecule has 1 N–H and O–H groups in total. The van der Waals surface area contributed by atoms with Crippen molar-refractivity contribution in [3.05, 3.63) is 76.3 Å². The third-order valence-corrected chi connectivity index (χ3v) is 5.08. The molecule has 0 aliphatic rings. The Morgan fingerprint density at radius 3 is 2.73 bits per heavy atom. The molecule has 0 aliphatic carbocycles. The normalized spacial score (nSPS) is 11.8. The quantitative estimate of drug-likeness (QED) is 0.569. The van der Waals surface area contributed by atoms with Crippen molar-refractivity contribution < 1.29 is 4.79 Å². The van der Waals surface area contributed by atoms with Crippen LogP contribution in [0.15, 0.2) is 65.2 Å². The van der Waals surface area contributed by atoms with Crippen molar-refractivity contribution in [1.82, 2.24) is 19.4 Å². The number of hydrogen-bond acceptors (Lipinski definition) is 4. The fourth-order valence-electron chi connectivity index (χ4n) is 2.88. The van der Waals surface area contributed by atoms with Crippen LogP contribution in [0, 0.1) is 6.92 Å². The number of nitrogens with zero attached hydrogens (tertiary/aromatic N) is 4. The molecule has 130 valence electrons. The molecule has 0 aliphatic heterocycles. The summed E-state index contributed by atoms with van der Waals surface area (Å²) in [6, 6.07) is 15.7. The molecule has 4 rings (SSSR count). The van der Waals surface area contributed by atoms with Gasteiger partial charge in [0.05, 0.1) is 11.4 Å². The number of amides is 1. The van der Waals surface area contributed by atoms with Gasteiger partial charge in [-0.25, -0.2) is 10.4 Å². The maximum atomic E-state index is 12.6. The number of pyridine rings is 1. The molecule has 4 aromatic rings. The number of fused-ring (bicyclic) bond motifs is 1. The minimum absolute atomic E-state index is 0.282. The highest BCUT2D eigenvalue weighted by molar-refractivity contribution is 7.07. The van der Waals surface area contributed by atoms with Crippen LogP contribution in [0.2, 0.25) is 0 Å². The lowest BCUT2D eigenvalue weighted by Gasteiger charge is -2.03. The lowest BCUT2D eigenvalue weighted by Crippen LogP contribution is -2.25. The molecule has 1 aromatic carbocycles. The third kappa shape index (κ3) is 2.82. The smallest absolute Gasteiger partial charge is 0.290 e. The van der Waals surface area contributed by atoms with E-state index in [1.807, 2.05) is 78.6 Å². The molecular formula is C19H17N5OS. The van der Waals surface area contributed by atoms with Crippen LogP contribution in [0.3, 0.4) is 0 Å². The minimum Gasteiger partial charge on any atom is -0.318 e. The second-order valence-electron chi connectivity index (χ2n) is 5.86. The van der Waals surface area contributed by atoms with Crippen LogP contribution in [0.4, 0.5) is 0 Å². The first-order valence-corrected chi connectivity index (χ1v) is 9.01. The standard InChI is InChI=1S/C19H17N5OS/c1-13-17(24-11-7-6-10-16(24)20-13)18(25)21-22-19-23(2)15(12-26-19)14-8-4-3-5-9-14/h3-12H,1-2H3,(H,21,25)/b22-19+. The highest BCUT2D eigenvalue weighted by Gasteiger charge is 2.16. The highest BCUT2D eigenvalue weighted by Crippen LogP contribution is 2.18. The van der Waals surface area contributed by atoms with E-state index in [1.165, 1.54) is 11.3 Å². The Kier molecular flexibility index (Phi) is 4.14. The molecule has 7 heteroatoms. The van der Waals surface area contributed by atoms with Crippen LogP contribution < -0.4 is 10.2 Å². The molecule has 0 fully saturated rings. The number of rotatable bonds is 3. The van der Waals surface area contributed by atoms with Gasteiger partial charge in [-0.2, -0.15) is 0 Å². The summed E-state index contributed by atoms with van der Waals surface area (Å²) in [6.45, 7) is 1.82. The lowest BCUT2D eigenvalue weighted by molar-refractivity contribution is 0.0946. The van der Waals surface area contributed by atoms with E-state index in [0.717, 1.165) is 16.9 Å². The Hall–Kier alpha value is -3.19. The minimum atomic E-state index is -0.282. The van der Waals surface area contributed by atoms with Gasteiger partial charge < -0.3 is 4.57 Å². The fraction of sp³-hybridized carbons (Fsp3) is 0.105. The van der Waals surface area contributed by atoms with E-state index >= 15 is 0 Å². The van der Waals surface area contributed by atoms with E-state index in [0.29, 0.717) is 16.2 Å². The van der Waals surface area contributed by atoms with Crippen LogP contribution in [0.25, 0.3) is 16.9 Å². The van der Waals surface area contributed by atoms with E-state index in [-0.39, 0.29) is 5.91 Å². The second-order valence-corrected chi connectivity index (χ2v) is 6.69. The van der Waals surface area contributed by atoms with Crippen molar-refractivity contribution in [1.29, 1.82) is 0 Å². The number of aryl methyl sites for hydroxylation is 1. The van der Waals surface area contributed by atoms with Crippen LogP contribution in [-0.2, 0) is 7.05 Å². The van der Waals surface area contributed by atoms with Crippen LogP contribution in [0.5, 0.6) is 0 Å². The Balaban J connectivity index is 1.65. The Labute approximate surface area is 154 Å². The summed E-state index contributed by atoms with van der Waals surface area (Å²) >= 11 is 1.48. The monoisotopic (exact) mass is 363 g/mol. The van der Waals surface area contributed by atoms with Crippen molar-refractivity contribution >= 4 is 22.9 Å². The average Bonchev–Trinajstić information content (AvgIpc) is 3.19. The number of thiazole rings is 1. The topological polar surface area (TPSA) is 63.7 Å². The fourth-order valence-corrected chi connectivity index (χ4v) is 3.75. The molecule has 26 heavy (non-hydrogen) atoms. The zero-order valence-electron chi connectivity index (χ0n) is 14.4.